The van der Waals surface area contributed by atoms with E-state index in [0.717, 1.165) is 11.1 Å². The van der Waals surface area contributed by atoms with Crippen LogP contribution in [-0.4, -0.2) is 17.6 Å². The molecule has 2 radical (unpaired) electrons. The van der Waals surface area contributed by atoms with Gasteiger partial charge in [-0.1, -0.05) is 86.3 Å². The number of hydrogen-bond donors (Lipinski definition) is 0. The molecule has 0 saturated carbocycles. The second-order valence-electron chi connectivity index (χ2n) is 7.18. The highest BCUT2D eigenvalue weighted by molar-refractivity contribution is 6.73. The first-order valence-corrected chi connectivity index (χ1v) is 14.5. The first kappa shape index (κ1) is 20.0. The Bertz CT molecular complexity index is 968. The van der Waals surface area contributed by atoms with Gasteiger partial charge in [0.1, 0.15) is 0 Å². The molecule has 3 aromatic rings. The third-order valence-electron chi connectivity index (χ3n) is 4.47. The molecule has 2 heteroatoms. The lowest BCUT2D eigenvalue weighted by Crippen LogP contribution is -2.34. The summed E-state index contributed by atoms with van der Waals surface area (Å²) < 4.78 is 0. The van der Waals surface area contributed by atoms with E-state index in [-0.39, 0.29) is 0 Å². The minimum Gasteiger partial charge on any atom is -0.0670 e. The normalized spacial score (nSPS) is 10.2. The van der Waals surface area contributed by atoms with Crippen LogP contribution in [0.1, 0.15) is 22.3 Å². The largest absolute Gasteiger partial charge is 0.0809 e. The molecule has 136 valence electrons. The molecular formula is C26H24Si2. The molecule has 0 aliphatic rings. The Labute approximate surface area is 172 Å². The zero-order valence-corrected chi connectivity index (χ0v) is 18.9. The van der Waals surface area contributed by atoms with Crippen LogP contribution in [0, 0.1) is 23.7 Å². The summed E-state index contributed by atoms with van der Waals surface area (Å²) in [6, 6.07) is 25.1. The SMILES string of the molecule is C[Si](C)c1cc(C#Cc2ccccc2)c([Si](C)C)cc1C#Cc1ccccc1. The lowest BCUT2D eigenvalue weighted by molar-refractivity contribution is 1.62. The van der Waals surface area contributed by atoms with Crippen LogP contribution in [-0.2, 0) is 0 Å². The molecular weight excluding hydrogens is 368 g/mol. The average Bonchev–Trinajstić information content (AvgIpc) is 2.71. The fourth-order valence-corrected chi connectivity index (χ4v) is 5.17. The molecule has 0 spiro atoms. The molecule has 3 rings (SSSR count). The zero-order chi connectivity index (χ0) is 19.9. The predicted octanol–water partition coefficient (Wildman–Crippen LogP) is 4.41. The van der Waals surface area contributed by atoms with Crippen LogP contribution in [0.15, 0.2) is 72.8 Å². The topological polar surface area (TPSA) is 0 Å². The Morgan fingerprint density at radius 2 is 0.857 bits per heavy atom. The van der Waals surface area contributed by atoms with Gasteiger partial charge in [0.2, 0.25) is 0 Å². The third kappa shape index (κ3) is 5.14. The van der Waals surface area contributed by atoms with Crippen molar-refractivity contribution in [3.05, 3.63) is 95.1 Å². The molecule has 0 aliphatic carbocycles. The monoisotopic (exact) mass is 392 g/mol. The molecule has 0 aromatic heterocycles. The van der Waals surface area contributed by atoms with E-state index in [1.54, 1.807) is 0 Å². The molecule has 0 saturated heterocycles. The van der Waals surface area contributed by atoms with Gasteiger partial charge in [-0.25, -0.2) is 0 Å². The molecule has 0 fully saturated rings. The molecule has 0 heterocycles. The van der Waals surface area contributed by atoms with E-state index in [0.29, 0.717) is 0 Å². The van der Waals surface area contributed by atoms with Crippen molar-refractivity contribution in [2.24, 2.45) is 0 Å². The summed E-state index contributed by atoms with van der Waals surface area (Å²) >= 11 is 0. The van der Waals surface area contributed by atoms with Crippen molar-refractivity contribution < 1.29 is 0 Å². The molecule has 3 aromatic carbocycles. The van der Waals surface area contributed by atoms with Gasteiger partial charge in [0.15, 0.2) is 0 Å². The maximum atomic E-state index is 3.45. The number of hydrogen-bond acceptors (Lipinski definition) is 0. The van der Waals surface area contributed by atoms with E-state index in [9.17, 15) is 0 Å². The van der Waals surface area contributed by atoms with E-state index in [4.69, 9.17) is 0 Å². The van der Waals surface area contributed by atoms with Crippen LogP contribution >= 0.6 is 0 Å². The first-order chi connectivity index (χ1) is 13.5. The van der Waals surface area contributed by atoms with E-state index >= 15 is 0 Å². The maximum Gasteiger partial charge on any atom is 0.0809 e. The fourth-order valence-electron chi connectivity index (χ4n) is 2.96. The van der Waals surface area contributed by atoms with Crippen LogP contribution < -0.4 is 10.4 Å². The van der Waals surface area contributed by atoms with Crippen LogP contribution in [0.25, 0.3) is 0 Å². The van der Waals surface area contributed by atoms with Gasteiger partial charge in [-0.2, -0.15) is 0 Å². The Balaban J connectivity index is 2.09. The van der Waals surface area contributed by atoms with Crippen molar-refractivity contribution in [1.29, 1.82) is 0 Å². The van der Waals surface area contributed by atoms with Gasteiger partial charge in [-0.05, 0) is 46.8 Å². The van der Waals surface area contributed by atoms with Crippen molar-refractivity contribution in [3.8, 4) is 23.7 Å². The van der Waals surface area contributed by atoms with Crippen molar-refractivity contribution in [2.45, 2.75) is 26.2 Å². The van der Waals surface area contributed by atoms with E-state index in [1.165, 1.54) is 21.5 Å². The van der Waals surface area contributed by atoms with Gasteiger partial charge in [-0.15, -0.1) is 0 Å². The highest BCUT2D eigenvalue weighted by atomic mass is 28.3. The Kier molecular flexibility index (Phi) is 6.72. The second-order valence-corrected chi connectivity index (χ2v) is 12.3. The molecule has 28 heavy (non-hydrogen) atoms. The smallest absolute Gasteiger partial charge is 0.0670 e. The lowest BCUT2D eigenvalue weighted by atomic mass is 10.1. The minimum atomic E-state index is -0.650. The molecule has 0 N–H and O–H groups in total. The van der Waals surface area contributed by atoms with Crippen LogP contribution in [0.2, 0.25) is 26.2 Å². The highest BCUT2D eigenvalue weighted by Crippen LogP contribution is 2.05. The Hall–Kier alpha value is -2.79. The highest BCUT2D eigenvalue weighted by Gasteiger charge is 2.14. The Morgan fingerprint density at radius 3 is 1.18 bits per heavy atom. The van der Waals surface area contributed by atoms with Crippen molar-refractivity contribution in [2.75, 3.05) is 0 Å². The summed E-state index contributed by atoms with van der Waals surface area (Å²) in [7, 11) is -1.30. The van der Waals surface area contributed by atoms with E-state index in [1.807, 2.05) is 36.4 Å². The van der Waals surface area contributed by atoms with E-state index < -0.39 is 17.6 Å². The summed E-state index contributed by atoms with van der Waals surface area (Å²) in [4.78, 5) is 0. The van der Waals surface area contributed by atoms with Crippen LogP contribution in [0.4, 0.5) is 0 Å². The van der Waals surface area contributed by atoms with Crippen molar-refractivity contribution in [1.82, 2.24) is 0 Å². The Morgan fingerprint density at radius 1 is 0.500 bits per heavy atom. The van der Waals surface area contributed by atoms with Crippen molar-refractivity contribution in [3.63, 3.8) is 0 Å². The zero-order valence-electron chi connectivity index (χ0n) is 16.9. The second kappa shape index (κ2) is 9.42. The van der Waals surface area contributed by atoms with Crippen molar-refractivity contribution >= 4 is 28.0 Å². The summed E-state index contributed by atoms with van der Waals surface area (Å²) in [5, 5.41) is 2.75. The van der Waals surface area contributed by atoms with Gasteiger partial charge in [0.25, 0.3) is 0 Å². The fraction of sp³-hybridized carbons (Fsp3) is 0.154. The third-order valence-corrected chi connectivity index (χ3v) is 7.45. The minimum absolute atomic E-state index is 0.650. The standard InChI is InChI=1S/C26H24Si2/c1-27(2)25-19-24(18-16-22-13-9-6-10-14-22)26(28(3)4)20-23(25)17-15-21-11-7-5-8-12-21/h5-14,19-20H,1-4H3. The van der Waals surface area contributed by atoms with Gasteiger partial charge in [0, 0.05) is 22.3 Å². The van der Waals surface area contributed by atoms with Gasteiger partial charge in [-0.3, -0.25) is 0 Å². The van der Waals surface area contributed by atoms with E-state index in [2.05, 4.69) is 86.3 Å². The lowest BCUT2D eigenvalue weighted by Gasteiger charge is -2.14. The molecule has 0 bridgehead atoms. The summed E-state index contributed by atoms with van der Waals surface area (Å²) in [6.07, 6.45) is 0. The average molecular weight is 393 g/mol. The molecule has 0 atom stereocenters. The van der Waals surface area contributed by atoms with Crippen LogP contribution in [0.5, 0.6) is 0 Å². The molecule has 0 amide bonds. The molecule has 0 unspecified atom stereocenters. The first-order valence-electron chi connectivity index (χ1n) is 9.48. The van der Waals surface area contributed by atoms with Crippen LogP contribution in [0.3, 0.4) is 0 Å². The van der Waals surface area contributed by atoms with Gasteiger partial charge >= 0.3 is 0 Å². The quantitative estimate of drug-likeness (QED) is 0.448. The number of benzene rings is 3. The summed E-state index contributed by atoms with van der Waals surface area (Å²) in [5.41, 5.74) is 4.47. The number of rotatable bonds is 2. The van der Waals surface area contributed by atoms with Gasteiger partial charge in [0.05, 0.1) is 17.6 Å². The summed E-state index contributed by atoms with van der Waals surface area (Å²) in [5.74, 6) is 13.6. The molecule has 0 aliphatic heterocycles. The maximum absolute atomic E-state index is 3.45. The van der Waals surface area contributed by atoms with Gasteiger partial charge < -0.3 is 0 Å². The summed E-state index contributed by atoms with van der Waals surface area (Å²) in [6.45, 7) is 9.30. The predicted molar refractivity (Wildman–Crippen MR) is 126 cm³/mol. The molecule has 0 nitrogen and oxygen atoms in total.